The Morgan fingerprint density at radius 1 is 1.32 bits per heavy atom. The number of benzene rings is 1. The van der Waals surface area contributed by atoms with Gasteiger partial charge in [0.15, 0.2) is 0 Å². The predicted octanol–water partition coefficient (Wildman–Crippen LogP) is 4.78. The van der Waals surface area contributed by atoms with E-state index in [4.69, 9.17) is 0 Å². The van der Waals surface area contributed by atoms with E-state index in [1.165, 1.54) is 10.7 Å². The van der Waals surface area contributed by atoms with Gasteiger partial charge in [-0.1, -0.05) is 45.2 Å². The zero-order valence-electron chi connectivity index (χ0n) is 17.2. The normalized spacial score (nSPS) is 12.9. The van der Waals surface area contributed by atoms with E-state index in [0.29, 0.717) is 30.7 Å². The fourth-order valence-electron chi connectivity index (χ4n) is 3.50. The second-order valence-electron chi connectivity index (χ2n) is 8.20. The van der Waals surface area contributed by atoms with Crippen molar-refractivity contribution in [3.8, 4) is 5.69 Å². The highest BCUT2D eigenvalue weighted by Gasteiger charge is 2.25. The van der Waals surface area contributed by atoms with Crippen molar-refractivity contribution in [2.45, 2.75) is 71.8 Å². The molecule has 0 bridgehead atoms. The summed E-state index contributed by atoms with van der Waals surface area (Å²) in [6.07, 6.45) is 4.15. The maximum atomic E-state index is 14.3. The lowest BCUT2D eigenvalue weighted by Gasteiger charge is -2.18. The molecule has 0 aliphatic carbocycles. The highest BCUT2D eigenvalue weighted by Crippen LogP contribution is 2.26. The van der Waals surface area contributed by atoms with Crippen LogP contribution in [0.3, 0.4) is 0 Å². The minimum Gasteiger partial charge on any atom is -0.478 e. The van der Waals surface area contributed by atoms with Crippen LogP contribution in [0.2, 0.25) is 0 Å². The molecule has 2 N–H and O–H groups in total. The van der Waals surface area contributed by atoms with Crippen molar-refractivity contribution in [2.75, 3.05) is 0 Å². The van der Waals surface area contributed by atoms with Crippen LogP contribution >= 0.6 is 0 Å². The second-order valence-corrected chi connectivity index (χ2v) is 8.20. The van der Waals surface area contributed by atoms with Gasteiger partial charge in [-0.25, -0.2) is 13.9 Å². The molecule has 2 aromatic rings. The van der Waals surface area contributed by atoms with E-state index in [2.05, 4.69) is 12.0 Å². The summed E-state index contributed by atoms with van der Waals surface area (Å²) >= 11 is 0. The quantitative estimate of drug-likeness (QED) is 0.612. The van der Waals surface area contributed by atoms with Crippen LogP contribution in [-0.4, -0.2) is 31.6 Å². The number of halogens is 1. The molecule has 6 heteroatoms. The molecule has 28 heavy (non-hydrogen) atoms. The van der Waals surface area contributed by atoms with Gasteiger partial charge in [0.1, 0.15) is 17.1 Å². The van der Waals surface area contributed by atoms with Crippen LogP contribution < -0.4 is 0 Å². The molecule has 154 valence electrons. The van der Waals surface area contributed by atoms with E-state index >= 15 is 0 Å². The smallest absolute Gasteiger partial charge is 0.339 e. The van der Waals surface area contributed by atoms with Crippen molar-refractivity contribution >= 4 is 5.97 Å². The molecule has 0 radical (unpaired) electrons. The molecule has 1 aromatic heterocycles. The first-order valence-corrected chi connectivity index (χ1v) is 9.95. The summed E-state index contributed by atoms with van der Waals surface area (Å²) in [7, 11) is 0. The zero-order valence-corrected chi connectivity index (χ0v) is 17.2. The van der Waals surface area contributed by atoms with E-state index in [-0.39, 0.29) is 17.2 Å². The number of carbonyl (C=O) groups is 1. The van der Waals surface area contributed by atoms with E-state index in [1.54, 1.807) is 32.0 Å². The highest BCUT2D eigenvalue weighted by molar-refractivity contribution is 5.90. The summed E-state index contributed by atoms with van der Waals surface area (Å²) in [5.41, 5.74) is 0.801. The molecule has 2 rings (SSSR count). The van der Waals surface area contributed by atoms with Crippen LogP contribution in [0.1, 0.15) is 75.1 Å². The Morgan fingerprint density at radius 3 is 2.57 bits per heavy atom. The van der Waals surface area contributed by atoms with Crippen molar-refractivity contribution in [3.05, 3.63) is 47.0 Å². The number of carboxylic acids is 1. The third-order valence-electron chi connectivity index (χ3n) is 4.86. The SMILES string of the molecule is CCCc1c(C(=O)O)c(CC(C)CCCC(C)(C)O)nn1-c1ccccc1F. The fraction of sp³-hybridized carbons (Fsp3) is 0.545. The molecular weight excluding hydrogens is 359 g/mol. The Hall–Kier alpha value is -2.21. The molecule has 0 spiro atoms. The van der Waals surface area contributed by atoms with Crippen molar-refractivity contribution in [3.63, 3.8) is 0 Å². The Labute approximate surface area is 166 Å². The summed E-state index contributed by atoms with van der Waals surface area (Å²) in [5.74, 6) is -1.24. The molecule has 1 heterocycles. The molecule has 0 aliphatic rings. The number of aromatic nitrogens is 2. The first-order valence-electron chi connectivity index (χ1n) is 9.95. The minimum atomic E-state index is -1.02. The predicted molar refractivity (Wildman–Crippen MR) is 107 cm³/mol. The standard InChI is InChI=1S/C22H31FN2O3/c1-5-9-19-20(21(26)27)17(14-15(2)10-8-13-22(3,4)28)24-25(19)18-12-7-6-11-16(18)23/h6-7,11-12,15,28H,5,8-10,13-14H2,1-4H3,(H,26,27). The summed E-state index contributed by atoms with van der Waals surface area (Å²) < 4.78 is 15.8. The number of hydrogen-bond acceptors (Lipinski definition) is 3. The molecule has 0 saturated carbocycles. The molecule has 1 aromatic carbocycles. The molecular formula is C22H31FN2O3. The Balaban J connectivity index is 2.35. The number of aliphatic hydroxyl groups is 1. The second kappa shape index (κ2) is 9.32. The van der Waals surface area contributed by atoms with E-state index in [1.807, 2.05) is 6.92 Å². The summed E-state index contributed by atoms with van der Waals surface area (Å²) in [6, 6.07) is 6.29. The van der Waals surface area contributed by atoms with E-state index < -0.39 is 17.4 Å². The van der Waals surface area contributed by atoms with Gasteiger partial charge in [0.05, 0.1) is 17.0 Å². The fourth-order valence-corrected chi connectivity index (χ4v) is 3.50. The van der Waals surface area contributed by atoms with Crippen molar-refractivity contribution in [1.82, 2.24) is 9.78 Å². The van der Waals surface area contributed by atoms with Gasteiger partial charge in [0, 0.05) is 0 Å². The van der Waals surface area contributed by atoms with Crippen molar-refractivity contribution in [2.24, 2.45) is 5.92 Å². The number of hydrogen-bond donors (Lipinski definition) is 2. The average Bonchev–Trinajstić information content (AvgIpc) is 2.92. The van der Waals surface area contributed by atoms with Gasteiger partial charge in [0.25, 0.3) is 0 Å². The molecule has 1 unspecified atom stereocenters. The van der Waals surface area contributed by atoms with Gasteiger partial charge < -0.3 is 10.2 Å². The molecule has 1 atom stereocenters. The first-order chi connectivity index (χ1) is 13.1. The van der Waals surface area contributed by atoms with Gasteiger partial charge >= 0.3 is 5.97 Å². The molecule has 0 amide bonds. The zero-order chi connectivity index (χ0) is 20.9. The van der Waals surface area contributed by atoms with Crippen LogP contribution in [0.5, 0.6) is 0 Å². The Kier molecular flexibility index (Phi) is 7.35. The number of nitrogens with zero attached hydrogens (tertiary/aromatic N) is 2. The van der Waals surface area contributed by atoms with Gasteiger partial charge in [-0.3, -0.25) is 0 Å². The average molecular weight is 390 g/mol. The van der Waals surface area contributed by atoms with Crippen molar-refractivity contribution < 1.29 is 19.4 Å². The lowest BCUT2D eigenvalue weighted by Crippen LogP contribution is -2.18. The van der Waals surface area contributed by atoms with Gasteiger partial charge in [-0.2, -0.15) is 5.10 Å². The van der Waals surface area contributed by atoms with E-state index in [9.17, 15) is 19.4 Å². The maximum absolute atomic E-state index is 14.3. The number of rotatable bonds is 10. The summed E-state index contributed by atoms with van der Waals surface area (Å²) in [6.45, 7) is 7.58. The largest absolute Gasteiger partial charge is 0.478 e. The minimum absolute atomic E-state index is 0.194. The van der Waals surface area contributed by atoms with Gasteiger partial charge in [-0.05, 0) is 51.2 Å². The van der Waals surface area contributed by atoms with Crippen LogP contribution in [0.15, 0.2) is 24.3 Å². The molecule has 0 saturated heterocycles. The van der Waals surface area contributed by atoms with Crippen LogP contribution in [-0.2, 0) is 12.8 Å². The third-order valence-corrected chi connectivity index (χ3v) is 4.86. The summed E-state index contributed by atoms with van der Waals surface area (Å²) in [4.78, 5) is 12.0. The Bertz CT molecular complexity index is 809. The third kappa shape index (κ3) is 5.64. The molecule has 0 aliphatic heterocycles. The van der Waals surface area contributed by atoms with Gasteiger partial charge in [0.2, 0.25) is 0 Å². The van der Waals surface area contributed by atoms with Gasteiger partial charge in [-0.15, -0.1) is 0 Å². The van der Waals surface area contributed by atoms with Crippen LogP contribution in [0.25, 0.3) is 5.69 Å². The van der Waals surface area contributed by atoms with Crippen molar-refractivity contribution in [1.29, 1.82) is 0 Å². The Morgan fingerprint density at radius 2 is 2.00 bits per heavy atom. The molecule has 0 fully saturated rings. The lowest BCUT2D eigenvalue weighted by atomic mass is 9.93. The number of aromatic carboxylic acids is 1. The number of para-hydroxylation sites is 1. The highest BCUT2D eigenvalue weighted by atomic mass is 19.1. The summed E-state index contributed by atoms with van der Waals surface area (Å²) in [5, 5.41) is 24.2. The van der Waals surface area contributed by atoms with E-state index in [0.717, 1.165) is 19.3 Å². The number of carboxylic acid groups (broad SMARTS) is 1. The van der Waals surface area contributed by atoms with Crippen LogP contribution in [0, 0.1) is 11.7 Å². The van der Waals surface area contributed by atoms with Crippen LogP contribution in [0.4, 0.5) is 4.39 Å². The monoisotopic (exact) mass is 390 g/mol. The maximum Gasteiger partial charge on any atom is 0.339 e. The lowest BCUT2D eigenvalue weighted by molar-refractivity contribution is 0.0669. The topological polar surface area (TPSA) is 75.3 Å². The first kappa shape index (κ1) is 22.1. The molecule has 5 nitrogen and oxygen atoms in total.